The van der Waals surface area contributed by atoms with E-state index in [2.05, 4.69) is 19.9 Å². The molecule has 0 aliphatic carbocycles. The topological polar surface area (TPSA) is 0 Å². The number of allylic oxidation sites excluding steroid dienone is 2. The first-order chi connectivity index (χ1) is 6.41. The molecule has 0 N–H and O–H groups in total. The molecule has 0 nitrogen and oxygen atoms in total. The summed E-state index contributed by atoms with van der Waals surface area (Å²) in [4.78, 5) is 0. The van der Waals surface area contributed by atoms with Crippen molar-refractivity contribution in [1.82, 2.24) is 0 Å². The molecule has 0 aromatic carbocycles. The van der Waals surface area contributed by atoms with Crippen LogP contribution in [0.4, 0.5) is 0 Å². The first kappa shape index (κ1) is 12.7. The second-order valence-corrected chi connectivity index (χ2v) is 3.73. The number of rotatable bonds is 9. The van der Waals surface area contributed by atoms with E-state index in [9.17, 15) is 0 Å². The molecule has 0 fully saturated rings. The molecule has 0 atom stereocenters. The fourth-order valence-electron chi connectivity index (χ4n) is 1.51. The largest absolute Gasteiger partial charge is 0.0885 e. The van der Waals surface area contributed by atoms with Crippen molar-refractivity contribution in [3.63, 3.8) is 0 Å². The molecule has 0 rings (SSSR count). The maximum Gasteiger partial charge on any atom is -0.0316 e. The molecule has 77 valence electrons. The van der Waals surface area contributed by atoms with Crippen LogP contribution in [0.25, 0.3) is 0 Å². The summed E-state index contributed by atoms with van der Waals surface area (Å²) in [5.41, 5.74) is 0. The van der Waals surface area contributed by atoms with Gasteiger partial charge in [0.15, 0.2) is 0 Å². The molecule has 0 spiro atoms. The second kappa shape index (κ2) is 11.7. The van der Waals surface area contributed by atoms with Crippen molar-refractivity contribution in [2.24, 2.45) is 0 Å². The maximum atomic E-state index is 3.67. The third kappa shape index (κ3) is 11.7. The third-order valence-electron chi connectivity index (χ3n) is 2.39. The van der Waals surface area contributed by atoms with Gasteiger partial charge in [0.1, 0.15) is 0 Å². The SMILES string of the molecule is [CH2]/C=C/CCCCCCCCCC. The van der Waals surface area contributed by atoms with Gasteiger partial charge in [-0.1, -0.05) is 64.0 Å². The van der Waals surface area contributed by atoms with Gasteiger partial charge in [-0.05, 0) is 19.8 Å². The van der Waals surface area contributed by atoms with Crippen LogP contribution in [0.15, 0.2) is 12.2 Å². The highest BCUT2D eigenvalue weighted by molar-refractivity contribution is 4.83. The lowest BCUT2D eigenvalue weighted by molar-refractivity contribution is 0.577. The van der Waals surface area contributed by atoms with Crippen LogP contribution < -0.4 is 0 Å². The van der Waals surface area contributed by atoms with Crippen molar-refractivity contribution in [3.05, 3.63) is 19.1 Å². The standard InChI is InChI=1S/C13H25/c1-3-5-7-9-11-13-12-10-8-6-4-2/h3,5H,1,4,6-13H2,2H3/b5-3+. The van der Waals surface area contributed by atoms with E-state index in [0.29, 0.717) is 0 Å². The van der Waals surface area contributed by atoms with Crippen molar-refractivity contribution in [2.45, 2.75) is 64.7 Å². The van der Waals surface area contributed by atoms with Gasteiger partial charge in [-0.2, -0.15) is 0 Å². The Labute approximate surface area is 84.4 Å². The van der Waals surface area contributed by atoms with E-state index in [1.807, 2.05) is 6.08 Å². The average molecular weight is 181 g/mol. The van der Waals surface area contributed by atoms with Gasteiger partial charge in [0, 0.05) is 0 Å². The lowest BCUT2D eigenvalue weighted by atomic mass is 10.1. The average Bonchev–Trinajstić information content (AvgIpc) is 2.16. The number of hydrogen-bond donors (Lipinski definition) is 0. The minimum atomic E-state index is 1.22. The quantitative estimate of drug-likeness (QED) is 0.443. The van der Waals surface area contributed by atoms with Crippen LogP contribution in [-0.4, -0.2) is 0 Å². The Morgan fingerprint density at radius 3 is 1.92 bits per heavy atom. The summed E-state index contributed by atoms with van der Waals surface area (Å²) in [6, 6.07) is 0. The molecule has 0 heteroatoms. The Morgan fingerprint density at radius 2 is 1.38 bits per heavy atom. The lowest BCUT2D eigenvalue weighted by Gasteiger charge is -1.99. The van der Waals surface area contributed by atoms with Crippen LogP contribution in [-0.2, 0) is 0 Å². The van der Waals surface area contributed by atoms with Gasteiger partial charge in [0.2, 0.25) is 0 Å². The van der Waals surface area contributed by atoms with Gasteiger partial charge < -0.3 is 0 Å². The highest BCUT2D eigenvalue weighted by Crippen LogP contribution is 2.09. The zero-order chi connectivity index (χ0) is 9.78. The summed E-state index contributed by atoms with van der Waals surface area (Å²) in [6.07, 6.45) is 16.6. The van der Waals surface area contributed by atoms with Gasteiger partial charge in [-0.3, -0.25) is 0 Å². The molecule has 1 radical (unpaired) electrons. The molecule has 0 saturated carbocycles. The fraction of sp³-hybridized carbons (Fsp3) is 0.769. The van der Waals surface area contributed by atoms with E-state index in [0.717, 1.165) is 0 Å². The minimum absolute atomic E-state index is 1.22. The predicted octanol–water partition coefficient (Wildman–Crippen LogP) is 4.91. The van der Waals surface area contributed by atoms with Gasteiger partial charge in [-0.25, -0.2) is 0 Å². The molecular formula is C13H25. The van der Waals surface area contributed by atoms with E-state index in [1.54, 1.807) is 0 Å². The van der Waals surface area contributed by atoms with Gasteiger partial charge in [0.25, 0.3) is 0 Å². The van der Waals surface area contributed by atoms with Crippen molar-refractivity contribution < 1.29 is 0 Å². The highest BCUT2D eigenvalue weighted by Gasteiger charge is 1.89. The maximum absolute atomic E-state index is 3.67. The number of hydrogen-bond acceptors (Lipinski definition) is 0. The molecule has 0 saturated heterocycles. The van der Waals surface area contributed by atoms with Crippen LogP contribution in [0.5, 0.6) is 0 Å². The summed E-state index contributed by atoms with van der Waals surface area (Å²) in [5, 5.41) is 0. The van der Waals surface area contributed by atoms with Gasteiger partial charge in [-0.15, -0.1) is 0 Å². The van der Waals surface area contributed by atoms with Crippen LogP contribution in [0.2, 0.25) is 0 Å². The lowest BCUT2D eigenvalue weighted by Crippen LogP contribution is -1.79. The van der Waals surface area contributed by atoms with Gasteiger partial charge >= 0.3 is 0 Å². The van der Waals surface area contributed by atoms with Crippen LogP contribution in [0.1, 0.15) is 64.7 Å². The Balaban J connectivity index is 2.83. The normalized spacial score (nSPS) is 11.2. The fourth-order valence-corrected chi connectivity index (χ4v) is 1.51. The van der Waals surface area contributed by atoms with E-state index in [1.165, 1.54) is 57.8 Å². The molecule has 0 aromatic heterocycles. The van der Waals surface area contributed by atoms with Gasteiger partial charge in [0.05, 0.1) is 0 Å². The second-order valence-electron chi connectivity index (χ2n) is 3.73. The van der Waals surface area contributed by atoms with Crippen molar-refractivity contribution >= 4 is 0 Å². The first-order valence-electron chi connectivity index (χ1n) is 5.86. The Kier molecular flexibility index (Phi) is 11.5. The summed E-state index contributed by atoms with van der Waals surface area (Å²) in [5.74, 6) is 0. The van der Waals surface area contributed by atoms with Crippen molar-refractivity contribution in [3.8, 4) is 0 Å². The van der Waals surface area contributed by atoms with Crippen molar-refractivity contribution in [1.29, 1.82) is 0 Å². The molecule has 0 amide bonds. The highest BCUT2D eigenvalue weighted by atomic mass is 14.0. The monoisotopic (exact) mass is 181 g/mol. The molecule has 0 bridgehead atoms. The Morgan fingerprint density at radius 1 is 0.846 bits per heavy atom. The third-order valence-corrected chi connectivity index (χ3v) is 2.39. The summed E-state index contributed by atoms with van der Waals surface area (Å²) in [7, 11) is 0. The molecule has 0 unspecified atom stereocenters. The van der Waals surface area contributed by atoms with E-state index in [4.69, 9.17) is 0 Å². The molecule has 0 aliphatic rings. The van der Waals surface area contributed by atoms with E-state index < -0.39 is 0 Å². The van der Waals surface area contributed by atoms with E-state index in [-0.39, 0.29) is 0 Å². The predicted molar refractivity (Wildman–Crippen MR) is 61.7 cm³/mol. The van der Waals surface area contributed by atoms with Crippen LogP contribution >= 0.6 is 0 Å². The van der Waals surface area contributed by atoms with Crippen LogP contribution in [0, 0.1) is 6.92 Å². The summed E-state index contributed by atoms with van der Waals surface area (Å²) in [6.45, 7) is 5.94. The molecule has 13 heavy (non-hydrogen) atoms. The summed E-state index contributed by atoms with van der Waals surface area (Å²) >= 11 is 0. The zero-order valence-corrected chi connectivity index (χ0v) is 9.23. The van der Waals surface area contributed by atoms with E-state index >= 15 is 0 Å². The number of unbranched alkanes of at least 4 members (excludes halogenated alkanes) is 8. The van der Waals surface area contributed by atoms with Crippen LogP contribution in [0.3, 0.4) is 0 Å². The Hall–Kier alpha value is -0.260. The first-order valence-corrected chi connectivity index (χ1v) is 5.86. The van der Waals surface area contributed by atoms with Crippen molar-refractivity contribution in [2.75, 3.05) is 0 Å². The minimum Gasteiger partial charge on any atom is -0.0885 e. The summed E-state index contributed by atoms with van der Waals surface area (Å²) < 4.78 is 0. The zero-order valence-electron chi connectivity index (χ0n) is 9.23. The molecular weight excluding hydrogens is 156 g/mol. The Bertz CT molecular complexity index is 103. The molecule has 0 aromatic rings. The molecule has 0 aliphatic heterocycles. The molecule has 0 heterocycles. The smallest absolute Gasteiger partial charge is 0.0316 e.